The average molecular weight is 359 g/mol. The number of nitrogens with zero attached hydrogens (tertiary/aromatic N) is 1. The summed E-state index contributed by atoms with van der Waals surface area (Å²) < 4.78 is 11.8. The Morgan fingerprint density at radius 2 is 1.89 bits per heavy atom. The van der Waals surface area contributed by atoms with Crippen LogP contribution in [0.15, 0.2) is 72.9 Å². The van der Waals surface area contributed by atoms with Crippen LogP contribution in [0.3, 0.4) is 0 Å². The number of ether oxygens (including phenoxy) is 2. The van der Waals surface area contributed by atoms with Crippen molar-refractivity contribution in [2.45, 2.75) is 18.8 Å². The standard InChI is InChI=1S/C23H21NO3/c1-2-14-26-18-11-12-19-20(15-18)27-16-23(22(19)25,17-8-4-3-5-9-17)21-10-6-7-13-24-21/h3-13,15H,2,14,16H2,1H3. The Kier molecular flexibility index (Phi) is 4.63. The third-order valence-electron chi connectivity index (χ3n) is 4.87. The van der Waals surface area contributed by atoms with E-state index in [1.54, 1.807) is 18.3 Å². The zero-order valence-corrected chi connectivity index (χ0v) is 15.2. The van der Waals surface area contributed by atoms with Crippen molar-refractivity contribution in [1.82, 2.24) is 4.98 Å². The van der Waals surface area contributed by atoms with E-state index in [1.807, 2.05) is 54.6 Å². The molecule has 0 fully saturated rings. The van der Waals surface area contributed by atoms with Gasteiger partial charge < -0.3 is 9.47 Å². The van der Waals surface area contributed by atoms with Gasteiger partial charge in [0.2, 0.25) is 0 Å². The maximum Gasteiger partial charge on any atom is 0.186 e. The van der Waals surface area contributed by atoms with Gasteiger partial charge in [0.1, 0.15) is 23.5 Å². The van der Waals surface area contributed by atoms with Crippen molar-refractivity contribution in [3.05, 3.63) is 89.7 Å². The fourth-order valence-electron chi connectivity index (χ4n) is 3.49. The number of Topliss-reactive ketones (excluding diaryl/α,β-unsaturated/α-hetero) is 1. The summed E-state index contributed by atoms with van der Waals surface area (Å²) in [5.74, 6) is 1.28. The van der Waals surface area contributed by atoms with Crippen molar-refractivity contribution in [3.63, 3.8) is 0 Å². The molecule has 0 spiro atoms. The first kappa shape index (κ1) is 17.3. The largest absolute Gasteiger partial charge is 0.493 e. The van der Waals surface area contributed by atoms with Crippen molar-refractivity contribution < 1.29 is 14.3 Å². The van der Waals surface area contributed by atoms with Crippen LogP contribution in [0.5, 0.6) is 11.5 Å². The third-order valence-corrected chi connectivity index (χ3v) is 4.87. The normalized spacial score (nSPS) is 18.5. The van der Waals surface area contributed by atoms with Gasteiger partial charge in [-0.1, -0.05) is 43.3 Å². The van der Waals surface area contributed by atoms with Gasteiger partial charge in [0.15, 0.2) is 5.78 Å². The van der Waals surface area contributed by atoms with Crippen LogP contribution >= 0.6 is 0 Å². The minimum absolute atomic E-state index is 0.00399. The molecule has 0 bridgehead atoms. The molecule has 136 valence electrons. The summed E-state index contributed by atoms with van der Waals surface area (Å²) in [5.41, 5.74) is 1.17. The molecule has 1 atom stereocenters. The second-order valence-electron chi connectivity index (χ2n) is 6.61. The number of benzene rings is 2. The van der Waals surface area contributed by atoms with Gasteiger partial charge >= 0.3 is 0 Å². The maximum absolute atomic E-state index is 13.7. The fourth-order valence-corrected chi connectivity index (χ4v) is 3.49. The number of pyridine rings is 1. The number of carbonyl (C=O) groups excluding carboxylic acids is 1. The molecule has 4 heteroatoms. The monoisotopic (exact) mass is 359 g/mol. The molecule has 2 heterocycles. The number of hydrogen-bond donors (Lipinski definition) is 0. The molecule has 0 N–H and O–H groups in total. The van der Waals surface area contributed by atoms with Crippen molar-refractivity contribution >= 4 is 5.78 Å². The molecular weight excluding hydrogens is 338 g/mol. The number of aromatic nitrogens is 1. The predicted molar refractivity (Wildman–Crippen MR) is 104 cm³/mol. The molecule has 0 radical (unpaired) electrons. The van der Waals surface area contributed by atoms with Crippen LogP contribution in [0, 0.1) is 0 Å². The van der Waals surface area contributed by atoms with E-state index >= 15 is 0 Å². The van der Waals surface area contributed by atoms with E-state index in [9.17, 15) is 4.79 Å². The quantitative estimate of drug-likeness (QED) is 0.676. The van der Waals surface area contributed by atoms with Crippen LogP contribution < -0.4 is 9.47 Å². The van der Waals surface area contributed by atoms with Gasteiger partial charge in [0, 0.05) is 12.3 Å². The molecule has 27 heavy (non-hydrogen) atoms. The predicted octanol–water partition coefficient (Wildman–Crippen LogP) is 4.43. The Morgan fingerprint density at radius 3 is 2.63 bits per heavy atom. The minimum atomic E-state index is -0.957. The van der Waals surface area contributed by atoms with Crippen LogP contribution in [0.1, 0.15) is 35.0 Å². The maximum atomic E-state index is 13.7. The van der Waals surface area contributed by atoms with Crippen molar-refractivity contribution in [1.29, 1.82) is 0 Å². The van der Waals surface area contributed by atoms with E-state index in [-0.39, 0.29) is 12.4 Å². The fraction of sp³-hybridized carbons (Fsp3) is 0.217. The van der Waals surface area contributed by atoms with Crippen LogP contribution in [-0.4, -0.2) is 24.0 Å². The van der Waals surface area contributed by atoms with Gasteiger partial charge in [-0.15, -0.1) is 0 Å². The molecule has 0 aliphatic carbocycles. The lowest BCUT2D eigenvalue weighted by molar-refractivity contribution is 0.0813. The van der Waals surface area contributed by atoms with Gasteiger partial charge in [0.05, 0.1) is 17.9 Å². The summed E-state index contributed by atoms with van der Waals surface area (Å²) in [5, 5.41) is 0. The van der Waals surface area contributed by atoms with E-state index in [0.717, 1.165) is 12.0 Å². The van der Waals surface area contributed by atoms with Gasteiger partial charge in [-0.3, -0.25) is 9.78 Å². The van der Waals surface area contributed by atoms with E-state index in [1.165, 1.54) is 0 Å². The molecule has 0 saturated heterocycles. The van der Waals surface area contributed by atoms with E-state index < -0.39 is 5.41 Å². The number of rotatable bonds is 5. The first-order valence-electron chi connectivity index (χ1n) is 9.17. The molecule has 4 nitrogen and oxygen atoms in total. The van der Waals surface area contributed by atoms with Gasteiger partial charge in [-0.25, -0.2) is 0 Å². The molecule has 1 aliphatic rings. The molecular formula is C23H21NO3. The molecule has 1 unspecified atom stereocenters. The molecule has 1 aromatic heterocycles. The van der Waals surface area contributed by atoms with Gasteiger partial charge in [-0.2, -0.15) is 0 Å². The highest BCUT2D eigenvalue weighted by Gasteiger charge is 2.48. The van der Waals surface area contributed by atoms with Crippen molar-refractivity contribution in [2.24, 2.45) is 0 Å². The summed E-state index contributed by atoms with van der Waals surface area (Å²) in [4.78, 5) is 18.2. The van der Waals surface area contributed by atoms with E-state index in [4.69, 9.17) is 9.47 Å². The minimum Gasteiger partial charge on any atom is -0.493 e. The smallest absolute Gasteiger partial charge is 0.186 e. The first-order chi connectivity index (χ1) is 13.3. The SMILES string of the molecule is CCCOc1ccc2c(c1)OCC(c1ccccc1)(c1ccccn1)C2=O. The molecule has 3 aromatic rings. The Balaban J connectivity index is 1.82. The number of ketones is 1. The summed E-state index contributed by atoms with van der Waals surface area (Å²) in [6, 6.07) is 20.8. The number of fused-ring (bicyclic) bond motifs is 1. The van der Waals surface area contributed by atoms with Crippen LogP contribution in [0.4, 0.5) is 0 Å². The zero-order chi connectivity index (χ0) is 18.7. The first-order valence-corrected chi connectivity index (χ1v) is 9.17. The van der Waals surface area contributed by atoms with E-state index in [0.29, 0.717) is 29.4 Å². The zero-order valence-electron chi connectivity index (χ0n) is 15.2. The second kappa shape index (κ2) is 7.23. The summed E-state index contributed by atoms with van der Waals surface area (Å²) in [6.07, 6.45) is 2.64. The summed E-state index contributed by atoms with van der Waals surface area (Å²) in [6.45, 7) is 2.89. The van der Waals surface area contributed by atoms with Crippen LogP contribution in [0.2, 0.25) is 0 Å². The summed E-state index contributed by atoms with van der Waals surface area (Å²) in [7, 11) is 0. The molecule has 0 saturated carbocycles. The lowest BCUT2D eigenvalue weighted by Crippen LogP contribution is -2.46. The molecule has 2 aromatic carbocycles. The van der Waals surface area contributed by atoms with Crippen molar-refractivity contribution in [3.8, 4) is 11.5 Å². The van der Waals surface area contributed by atoms with Crippen LogP contribution in [-0.2, 0) is 5.41 Å². The topological polar surface area (TPSA) is 48.4 Å². The number of hydrogen-bond acceptors (Lipinski definition) is 4. The molecule has 0 amide bonds. The Hall–Kier alpha value is -3.14. The summed E-state index contributed by atoms with van der Waals surface area (Å²) >= 11 is 0. The third kappa shape index (κ3) is 2.97. The molecule has 1 aliphatic heterocycles. The lowest BCUT2D eigenvalue weighted by Gasteiger charge is -2.36. The van der Waals surface area contributed by atoms with Gasteiger partial charge in [0.25, 0.3) is 0 Å². The molecule has 4 rings (SSSR count). The highest BCUT2D eigenvalue weighted by atomic mass is 16.5. The Morgan fingerprint density at radius 1 is 1.07 bits per heavy atom. The van der Waals surface area contributed by atoms with Crippen LogP contribution in [0.25, 0.3) is 0 Å². The van der Waals surface area contributed by atoms with Gasteiger partial charge in [-0.05, 0) is 36.2 Å². The number of carbonyl (C=O) groups is 1. The average Bonchev–Trinajstić information content (AvgIpc) is 2.74. The highest BCUT2D eigenvalue weighted by molar-refractivity contribution is 6.09. The van der Waals surface area contributed by atoms with Crippen molar-refractivity contribution in [2.75, 3.05) is 13.2 Å². The second-order valence-corrected chi connectivity index (χ2v) is 6.61. The Bertz CT molecular complexity index is 899. The Labute approximate surface area is 158 Å². The highest BCUT2D eigenvalue weighted by Crippen LogP contribution is 2.42. The lowest BCUT2D eigenvalue weighted by atomic mass is 9.71. The van der Waals surface area contributed by atoms with E-state index in [2.05, 4.69) is 11.9 Å².